The van der Waals surface area contributed by atoms with Gasteiger partial charge in [0.15, 0.2) is 0 Å². The molecule has 0 aliphatic carbocycles. The van der Waals surface area contributed by atoms with Gasteiger partial charge < -0.3 is 20.2 Å². The van der Waals surface area contributed by atoms with Gasteiger partial charge in [-0.25, -0.2) is 4.79 Å². The normalized spacial score (nSPS) is 22.0. The van der Waals surface area contributed by atoms with Crippen LogP contribution in [0.5, 0.6) is 0 Å². The van der Waals surface area contributed by atoms with E-state index in [0.717, 1.165) is 38.2 Å². The molecule has 23 heavy (non-hydrogen) atoms. The van der Waals surface area contributed by atoms with Gasteiger partial charge in [-0.2, -0.15) is 0 Å². The zero-order chi connectivity index (χ0) is 16.1. The topological polar surface area (TPSA) is 55.8 Å². The monoisotopic (exact) mass is 317 g/mol. The van der Waals surface area contributed by atoms with E-state index in [2.05, 4.69) is 22.3 Å². The Hall–Kier alpha value is -1.75. The molecule has 2 fully saturated rings. The van der Waals surface area contributed by atoms with Crippen LogP contribution in [-0.2, 0) is 0 Å². The second-order valence-corrected chi connectivity index (χ2v) is 6.66. The fourth-order valence-electron chi connectivity index (χ4n) is 3.51. The first-order chi connectivity index (χ1) is 11.3. The number of hydrogen-bond donors (Lipinski definition) is 2. The molecule has 2 N–H and O–H groups in total. The van der Waals surface area contributed by atoms with E-state index in [1.165, 1.54) is 24.9 Å². The summed E-state index contributed by atoms with van der Waals surface area (Å²) < 4.78 is 0. The van der Waals surface area contributed by atoms with Crippen LogP contribution in [0, 0.1) is 5.92 Å². The van der Waals surface area contributed by atoms with Crippen LogP contribution in [0.25, 0.3) is 0 Å². The Kier molecular flexibility index (Phi) is 5.39. The predicted octanol–water partition coefficient (Wildman–Crippen LogP) is 2.91. The third-order valence-electron chi connectivity index (χ3n) is 4.90. The fourth-order valence-corrected chi connectivity index (χ4v) is 3.51. The summed E-state index contributed by atoms with van der Waals surface area (Å²) in [7, 11) is 0. The van der Waals surface area contributed by atoms with Gasteiger partial charge in [0.1, 0.15) is 0 Å². The van der Waals surface area contributed by atoms with E-state index in [1.54, 1.807) is 0 Å². The highest BCUT2D eigenvalue weighted by molar-refractivity contribution is 5.89. The number of carbonyl (C=O) groups is 1. The maximum atomic E-state index is 12.3. The van der Waals surface area contributed by atoms with Crippen molar-refractivity contribution in [2.24, 2.45) is 5.92 Å². The molecule has 3 rings (SSSR count). The number of aliphatic hydroxyl groups is 1. The third-order valence-corrected chi connectivity index (χ3v) is 4.90. The minimum Gasteiger partial charge on any atom is -0.396 e. The van der Waals surface area contributed by atoms with E-state index in [9.17, 15) is 9.90 Å². The number of nitrogens with zero attached hydrogens (tertiary/aromatic N) is 2. The van der Waals surface area contributed by atoms with E-state index in [4.69, 9.17) is 0 Å². The first-order valence-electron chi connectivity index (χ1n) is 8.78. The lowest BCUT2D eigenvalue weighted by atomic mass is 9.99. The van der Waals surface area contributed by atoms with Crippen LogP contribution in [0.2, 0.25) is 0 Å². The number of amides is 2. The third kappa shape index (κ3) is 4.16. The summed E-state index contributed by atoms with van der Waals surface area (Å²) in [6.45, 7) is 3.83. The molecule has 0 spiro atoms. The van der Waals surface area contributed by atoms with Crippen molar-refractivity contribution in [2.75, 3.05) is 43.0 Å². The summed E-state index contributed by atoms with van der Waals surface area (Å²) >= 11 is 0. The van der Waals surface area contributed by atoms with E-state index < -0.39 is 0 Å². The molecule has 1 unspecified atom stereocenters. The molecule has 2 aliphatic rings. The molecule has 126 valence electrons. The standard InChI is InChI=1S/C18H27N3O2/c22-14-15-5-4-12-21(13-15)18(23)19-16-6-8-17(9-7-16)20-10-2-1-3-11-20/h6-9,15,22H,1-5,10-14H2,(H,19,23). The summed E-state index contributed by atoms with van der Waals surface area (Å²) in [4.78, 5) is 16.6. The van der Waals surface area contributed by atoms with E-state index in [1.807, 2.05) is 17.0 Å². The average Bonchev–Trinajstić information content (AvgIpc) is 2.63. The van der Waals surface area contributed by atoms with Crippen molar-refractivity contribution in [3.8, 4) is 0 Å². The van der Waals surface area contributed by atoms with E-state index >= 15 is 0 Å². The molecule has 0 bridgehead atoms. The Morgan fingerprint density at radius 2 is 1.83 bits per heavy atom. The summed E-state index contributed by atoms with van der Waals surface area (Å²) in [5, 5.41) is 12.2. The number of carbonyl (C=O) groups excluding carboxylic acids is 1. The lowest BCUT2D eigenvalue weighted by Gasteiger charge is -2.32. The van der Waals surface area contributed by atoms with Crippen LogP contribution in [0.3, 0.4) is 0 Å². The molecule has 2 heterocycles. The van der Waals surface area contributed by atoms with Crippen molar-refractivity contribution in [3.05, 3.63) is 24.3 Å². The molecule has 1 aromatic carbocycles. The Morgan fingerprint density at radius 1 is 1.09 bits per heavy atom. The van der Waals surface area contributed by atoms with Crippen molar-refractivity contribution >= 4 is 17.4 Å². The first-order valence-corrected chi connectivity index (χ1v) is 8.78. The number of aliphatic hydroxyl groups excluding tert-OH is 1. The lowest BCUT2D eigenvalue weighted by molar-refractivity contribution is 0.136. The van der Waals surface area contributed by atoms with Crippen molar-refractivity contribution in [3.63, 3.8) is 0 Å². The summed E-state index contributed by atoms with van der Waals surface area (Å²) in [6.07, 6.45) is 5.83. The molecule has 2 amide bonds. The van der Waals surface area contributed by atoms with Crippen molar-refractivity contribution in [2.45, 2.75) is 32.1 Å². The fraction of sp³-hybridized carbons (Fsp3) is 0.611. The molecule has 0 saturated carbocycles. The highest BCUT2D eigenvalue weighted by Crippen LogP contribution is 2.22. The smallest absolute Gasteiger partial charge is 0.321 e. The predicted molar refractivity (Wildman–Crippen MR) is 92.9 cm³/mol. The second-order valence-electron chi connectivity index (χ2n) is 6.66. The molecule has 2 saturated heterocycles. The largest absolute Gasteiger partial charge is 0.396 e. The van der Waals surface area contributed by atoms with Crippen LogP contribution in [-0.4, -0.2) is 48.8 Å². The molecule has 1 atom stereocenters. The summed E-state index contributed by atoms with van der Waals surface area (Å²) in [5.41, 5.74) is 2.07. The van der Waals surface area contributed by atoms with E-state index in [-0.39, 0.29) is 18.6 Å². The Morgan fingerprint density at radius 3 is 2.52 bits per heavy atom. The van der Waals surface area contributed by atoms with Crippen LogP contribution >= 0.6 is 0 Å². The van der Waals surface area contributed by atoms with Gasteiger partial charge in [0.2, 0.25) is 0 Å². The maximum Gasteiger partial charge on any atom is 0.321 e. The van der Waals surface area contributed by atoms with Gasteiger partial charge in [-0.1, -0.05) is 0 Å². The van der Waals surface area contributed by atoms with Gasteiger partial charge in [0, 0.05) is 44.2 Å². The number of benzene rings is 1. The Balaban J connectivity index is 1.56. The number of urea groups is 1. The van der Waals surface area contributed by atoms with Gasteiger partial charge in [0.05, 0.1) is 0 Å². The number of nitrogens with one attached hydrogen (secondary N) is 1. The lowest BCUT2D eigenvalue weighted by Crippen LogP contribution is -2.43. The maximum absolute atomic E-state index is 12.3. The molecule has 0 radical (unpaired) electrons. The highest BCUT2D eigenvalue weighted by atomic mass is 16.3. The molecule has 2 aliphatic heterocycles. The Labute approximate surface area is 138 Å². The number of rotatable bonds is 3. The Bertz CT molecular complexity index is 512. The van der Waals surface area contributed by atoms with Crippen LogP contribution < -0.4 is 10.2 Å². The van der Waals surface area contributed by atoms with Gasteiger partial charge in [0.25, 0.3) is 0 Å². The van der Waals surface area contributed by atoms with Crippen molar-refractivity contribution in [1.82, 2.24) is 4.90 Å². The van der Waals surface area contributed by atoms with Gasteiger partial charge >= 0.3 is 6.03 Å². The van der Waals surface area contributed by atoms with Crippen molar-refractivity contribution < 1.29 is 9.90 Å². The van der Waals surface area contributed by atoms with Crippen molar-refractivity contribution in [1.29, 1.82) is 0 Å². The van der Waals surface area contributed by atoms with Gasteiger partial charge in [-0.15, -0.1) is 0 Å². The number of piperidine rings is 2. The SMILES string of the molecule is O=C(Nc1ccc(N2CCCCC2)cc1)N1CCCC(CO)C1. The van der Waals surface area contributed by atoms with E-state index in [0.29, 0.717) is 6.54 Å². The van der Waals surface area contributed by atoms with Gasteiger partial charge in [-0.05, 0) is 62.3 Å². The van der Waals surface area contributed by atoms with Crippen LogP contribution in [0.15, 0.2) is 24.3 Å². The minimum absolute atomic E-state index is 0.0612. The average molecular weight is 317 g/mol. The highest BCUT2D eigenvalue weighted by Gasteiger charge is 2.23. The summed E-state index contributed by atoms with van der Waals surface area (Å²) in [6, 6.07) is 8.08. The zero-order valence-corrected chi connectivity index (χ0v) is 13.7. The minimum atomic E-state index is -0.0612. The van der Waals surface area contributed by atoms with Crippen LogP contribution in [0.4, 0.5) is 16.2 Å². The molecule has 5 heteroatoms. The first kappa shape index (κ1) is 16.1. The second kappa shape index (κ2) is 7.68. The molecule has 1 aromatic rings. The summed E-state index contributed by atoms with van der Waals surface area (Å²) in [5.74, 6) is 0.218. The van der Waals surface area contributed by atoms with Gasteiger partial charge in [-0.3, -0.25) is 0 Å². The quantitative estimate of drug-likeness (QED) is 0.901. The number of hydrogen-bond acceptors (Lipinski definition) is 3. The molecular weight excluding hydrogens is 290 g/mol. The number of anilines is 2. The molecular formula is C18H27N3O2. The van der Waals surface area contributed by atoms with Crippen LogP contribution in [0.1, 0.15) is 32.1 Å². The number of likely N-dealkylation sites (tertiary alicyclic amines) is 1. The molecule has 5 nitrogen and oxygen atoms in total. The zero-order valence-electron chi connectivity index (χ0n) is 13.7. The molecule has 0 aromatic heterocycles.